The molecule has 44 heavy (non-hydrogen) atoms. The predicted molar refractivity (Wildman–Crippen MR) is 170 cm³/mol. The molecule has 0 aliphatic heterocycles. The number of benzene rings is 2. The second-order valence-corrected chi connectivity index (χ2v) is 11.0. The fourth-order valence-electron chi connectivity index (χ4n) is 3.04. The number of ether oxygens (including phenoxy) is 3. The zero-order valence-corrected chi connectivity index (χ0v) is 26.3. The Hall–Kier alpha value is -4.00. The molecule has 15 nitrogen and oxygen atoms in total. The number of fused-ring (bicyclic) bond motifs is 1. The first kappa shape index (κ1) is 38.0. The number of nitrogens with zero attached hydrogens (tertiary/aromatic N) is 3. The number of carbonyl (C=O) groups excluding carboxylic acids is 1. The molecule has 0 saturated heterocycles. The molecule has 1 unspecified atom stereocenters. The SMILES string of the molecule is CC.CNC(COCc1cccc(OCCN)c1)C(=O)O.N/N=C(\C=NCC=O)COc1ccc2nc(S(N)(=O)=O)sc2c1. The number of rotatable bonds is 16. The van der Waals surface area contributed by atoms with E-state index in [1.807, 2.05) is 38.1 Å². The molecule has 0 amide bonds. The minimum Gasteiger partial charge on any atom is -0.492 e. The highest BCUT2D eigenvalue weighted by Crippen LogP contribution is 2.28. The van der Waals surface area contributed by atoms with Crippen LogP contribution in [-0.2, 0) is 31.0 Å². The third-order valence-corrected chi connectivity index (χ3v) is 7.38. The Morgan fingerprint density at radius 3 is 2.52 bits per heavy atom. The molecule has 1 heterocycles. The molecule has 0 fully saturated rings. The van der Waals surface area contributed by atoms with Crippen molar-refractivity contribution < 1.29 is 37.3 Å². The van der Waals surface area contributed by atoms with Crippen molar-refractivity contribution in [1.29, 1.82) is 0 Å². The number of primary sulfonamides is 1. The molecule has 0 radical (unpaired) electrons. The summed E-state index contributed by atoms with van der Waals surface area (Å²) < 4.78 is 39.3. The van der Waals surface area contributed by atoms with Crippen LogP contribution in [0, 0.1) is 0 Å². The zero-order valence-electron chi connectivity index (χ0n) is 24.7. The monoisotopic (exact) mass is 653 g/mol. The predicted octanol–water partition coefficient (Wildman–Crippen LogP) is 1.15. The molecule has 1 atom stereocenters. The number of aromatic nitrogens is 1. The maximum absolute atomic E-state index is 11.3. The lowest BCUT2D eigenvalue weighted by atomic mass is 10.2. The Morgan fingerprint density at radius 1 is 1.18 bits per heavy atom. The molecule has 242 valence electrons. The fourth-order valence-corrected chi connectivity index (χ4v) is 4.72. The van der Waals surface area contributed by atoms with Crippen LogP contribution in [0.1, 0.15) is 19.4 Å². The lowest BCUT2D eigenvalue weighted by Crippen LogP contribution is -2.37. The topological polar surface area (TPSA) is 244 Å². The molecule has 1 aromatic heterocycles. The number of nitrogens with one attached hydrogen (secondary N) is 1. The van der Waals surface area contributed by atoms with Gasteiger partial charge in [-0.15, -0.1) is 11.3 Å². The third-order valence-electron chi connectivity index (χ3n) is 5.04. The van der Waals surface area contributed by atoms with Crippen LogP contribution in [0.15, 0.2) is 56.9 Å². The van der Waals surface area contributed by atoms with E-state index in [2.05, 4.69) is 20.4 Å². The van der Waals surface area contributed by atoms with Crippen molar-refractivity contribution in [1.82, 2.24) is 10.3 Å². The molecular formula is C27H39N7O8S2. The smallest absolute Gasteiger partial charge is 0.323 e. The summed E-state index contributed by atoms with van der Waals surface area (Å²) in [6.07, 6.45) is 1.99. The van der Waals surface area contributed by atoms with E-state index in [0.29, 0.717) is 47.7 Å². The van der Waals surface area contributed by atoms with E-state index in [1.165, 1.54) is 6.21 Å². The van der Waals surface area contributed by atoms with Gasteiger partial charge in [0.25, 0.3) is 10.0 Å². The van der Waals surface area contributed by atoms with Gasteiger partial charge in [-0.1, -0.05) is 26.0 Å². The van der Waals surface area contributed by atoms with Crippen molar-refractivity contribution >= 4 is 55.8 Å². The number of likely N-dealkylation sites (N-methyl/N-ethyl adjacent to an activating group) is 1. The van der Waals surface area contributed by atoms with Gasteiger partial charge in [0, 0.05) is 12.8 Å². The lowest BCUT2D eigenvalue weighted by molar-refractivity contribution is -0.141. The summed E-state index contributed by atoms with van der Waals surface area (Å²) in [6, 6.07) is 11.6. The first-order valence-electron chi connectivity index (χ1n) is 13.3. The number of sulfonamides is 1. The number of hydrogen-bond donors (Lipinski definition) is 5. The molecule has 0 aliphatic rings. The summed E-state index contributed by atoms with van der Waals surface area (Å²) in [4.78, 5) is 28.7. The number of hydrazone groups is 1. The van der Waals surface area contributed by atoms with E-state index < -0.39 is 22.0 Å². The summed E-state index contributed by atoms with van der Waals surface area (Å²) >= 11 is 0.951. The summed E-state index contributed by atoms with van der Waals surface area (Å²) in [5.41, 5.74) is 7.14. The van der Waals surface area contributed by atoms with Crippen LogP contribution in [-0.4, -0.2) is 88.7 Å². The van der Waals surface area contributed by atoms with Gasteiger partial charge in [-0.25, -0.2) is 18.5 Å². The molecule has 0 spiro atoms. The van der Waals surface area contributed by atoms with Gasteiger partial charge in [0.2, 0.25) is 4.34 Å². The van der Waals surface area contributed by atoms with Crippen molar-refractivity contribution in [3.63, 3.8) is 0 Å². The second kappa shape index (κ2) is 20.8. The average molecular weight is 654 g/mol. The summed E-state index contributed by atoms with van der Waals surface area (Å²) in [5.74, 6) is 5.48. The van der Waals surface area contributed by atoms with E-state index in [9.17, 15) is 18.0 Å². The fraction of sp³-hybridized carbons (Fsp3) is 0.370. The number of aliphatic imine (C=N–C) groups is 1. The Kier molecular flexibility index (Phi) is 18.0. The normalized spacial score (nSPS) is 12.1. The third kappa shape index (κ3) is 14.0. The summed E-state index contributed by atoms with van der Waals surface area (Å²) in [5, 5.41) is 20.0. The Balaban J connectivity index is 0.000000424. The number of aliphatic carboxylic acids is 1. The maximum atomic E-state index is 11.3. The van der Waals surface area contributed by atoms with Crippen LogP contribution in [0.4, 0.5) is 0 Å². The van der Waals surface area contributed by atoms with E-state index in [1.54, 1.807) is 25.2 Å². The second-order valence-electron chi connectivity index (χ2n) is 8.20. The van der Waals surface area contributed by atoms with Crippen molar-refractivity contribution in [3.05, 3.63) is 48.0 Å². The highest BCUT2D eigenvalue weighted by Gasteiger charge is 2.15. The molecule has 17 heteroatoms. The van der Waals surface area contributed by atoms with E-state index in [4.69, 9.17) is 36.0 Å². The number of nitrogens with two attached hydrogens (primary N) is 3. The molecule has 0 aliphatic carbocycles. The van der Waals surface area contributed by atoms with Gasteiger partial charge in [0.05, 0.1) is 30.0 Å². The highest BCUT2D eigenvalue weighted by molar-refractivity contribution is 7.91. The Bertz CT molecular complexity index is 1480. The van der Waals surface area contributed by atoms with Crippen LogP contribution in [0.3, 0.4) is 0 Å². The molecule has 3 aromatic rings. The molecular weight excluding hydrogens is 614 g/mol. The van der Waals surface area contributed by atoms with Gasteiger partial charge in [-0.2, -0.15) is 5.10 Å². The van der Waals surface area contributed by atoms with Crippen LogP contribution in [0.25, 0.3) is 10.2 Å². The van der Waals surface area contributed by atoms with Crippen molar-refractivity contribution in [2.75, 3.05) is 40.0 Å². The highest BCUT2D eigenvalue weighted by atomic mass is 32.2. The number of carbonyl (C=O) groups is 2. The number of carboxylic acids is 1. The quantitative estimate of drug-likeness (QED) is 0.0632. The number of carboxylic acid groups (broad SMARTS) is 1. The number of thiazole rings is 1. The van der Waals surface area contributed by atoms with Gasteiger partial charge < -0.3 is 41.0 Å². The first-order valence-corrected chi connectivity index (χ1v) is 15.6. The lowest BCUT2D eigenvalue weighted by Gasteiger charge is -2.12. The number of aldehydes is 1. The zero-order chi connectivity index (χ0) is 33.0. The van der Waals surface area contributed by atoms with E-state index in [-0.39, 0.29) is 24.1 Å². The van der Waals surface area contributed by atoms with Crippen LogP contribution < -0.4 is 31.5 Å². The standard InChI is InChI=1S/C13H20N2O4.C12H13N5O4S2.C2H6/c1-15-12(13(16)17)9-18-8-10-3-2-4-11(7-10)19-6-5-14;13-17-8(6-15-3-4-18)7-21-9-1-2-10-11(5-9)22-12(16-10)23(14,19)20;1-2/h2-4,7,12,15H,5-6,8-9,14H2,1H3,(H,16,17);1-2,4-6H,3,7,13H2,(H2,14,19,20);1-2H3/b;15-6?,17-8+;. The molecule has 8 N–H and O–H groups in total. The molecule has 0 saturated carbocycles. The van der Waals surface area contributed by atoms with Gasteiger partial charge >= 0.3 is 5.97 Å². The van der Waals surface area contributed by atoms with E-state index >= 15 is 0 Å². The maximum Gasteiger partial charge on any atom is 0.323 e. The van der Waals surface area contributed by atoms with Crippen LogP contribution in [0.2, 0.25) is 0 Å². The number of hydrogen-bond acceptors (Lipinski definition) is 14. The van der Waals surface area contributed by atoms with Gasteiger partial charge in [-0.05, 0) is 42.9 Å². The van der Waals surface area contributed by atoms with Crippen LogP contribution in [0.5, 0.6) is 11.5 Å². The molecule has 3 rings (SSSR count). The molecule has 2 aromatic carbocycles. The Labute approximate surface area is 260 Å². The average Bonchev–Trinajstić information content (AvgIpc) is 3.46. The Morgan fingerprint density at radius 2 is 1.91 bits per heavy atom. The molecule has 0 bridgehead atoms. The van der Waals surface area contributed by atoms with Crippen LogP contribution >= 0.6 is 11.3 Å². The minimum atomic E-state index is -3.83. The summed E-state index contributed by atoms with van der Waals surface area (Å²) in [7, 11) is -2.25. The minimum absolute atomic E-state index is 0.0161. The van der Waals surface area contributed by atoms with Crippen molar-refractivity contribution in [2.45, 2.75) is 30.8 Å². The van der Waals surface area contributed by atoms with Gasteiger partial charge in [-0.3, -0.25) is 9.79 Å². The van der Waals surface area contributed by atoms with Gasteiger partial charge in [0.1, 0.15) is 42.8 Å². The van der Waals surface area contributed by atoms with E-state index in [0.717, 1.165) is 22.6 Å². The summed E-state index contributed by atoms with van der Waals surface area (Å²) in [6.45, 7) is 5.44. The largest absolute Gasteiger partial charge is 0.492 e. The van der Waals surface area contributed by atoms with Crippen molar-refractivity contribution in [2.24, 2.45) is 26.8 Å². The van der Waals surface area contributed by atoms with Gasteiger partial charge in [0.15, 0.2) is 0 Å². The van der Waals surface area contributed by atoms with Crippen molar-refractivity contribution in [3.8, 4) is 11.5 Å². The first-order chi connectivity index (χ1) is 21.1.